The highest BCUT2D eigenvalue weighted by molar-refractivity contribution is 5.86. The fraction of sp³-hybridized carbons (Fsp3) is 0.167. The second-order valence-corrected chi connectivity index (χ2v) is 3.08. The Hall–Kier alpha value is -2.10. The van der Waals surface area contributed by atoms with E-state index in [0.717, 1.165) is 0 Å². The number of hydrogen-bond donors (Lipinski definition) is 2. The molecule has 0 aromatic carbocycles. The van der Waals surface area contributed by atoms with E-state index in [0.29, 0.717) is 0 Å². The van der Waals surface area contributed by atoms with E-state index in [1.54, 1.807) is 24.3 Å². The Morgan fingerprint density at radius 2 is 1.06 bits per heavy atom. The van der Waals surface area contributed by atoms with Crippen molar-refractivity contribution in [2.75, 3.05) is 0 Å². The second kappa shape index (κ2) is 7.23. The van der Waals surface area contributed by atoms with Crippen molar-refractivity contribution in [3.63, 3.8) is 0 Å². The van der Waals surface area contributed by atoms with Crippen LogP contribution in [0.4, 0.5) is 0 Å². The van der Waals surface area contributed by atoms with Crippen molar-refractivity contribution in [2.45, 2.75) is 13.8 Å². The van der Waals surface area contributed by atoms with Crippen LogP contribution >= 0.6 is 0 Å². The number of carboxylic acids is 2. The molecule has 0 heterocycles. The van der Waals surface area contributed by atoms with Gasteiger partial charge in [0.25, 0.3) is 0 Å². The van der Waals surface area contributed by atoms with Crippen LogP contribution in [0.25, 0.3) is 0 Å². The molecule has 0 rings (SSSR count). The van der Waals surface area contributed by atoms with E-state index in [-0.39, 0.29) is 11.1 Å². The molecular weight excluding hydrogens is 208 g/mol. The third-order valence-corrected chi connectivity index (χ3v) is 1.70. The predicted octanol–water partition coefficient (Wildman–Crippen LogP) is 2.16. The smallest absolute Gasteiger partial charge is 0.331 e. The summed E-state index contributed by atoms with van der Waals surface area (Å²) in [6.45, 7) is 2.98. The van der Waals surface area contributed by atoms with Crippen LogP contribution in [0.1, 0.15) is 13.8 Å². The molecule has 0 aromatic heterocycles. The summed E-state index contributed by atoms with van der Waals surface area (Å²) in [7, 11) is 0. The van der Waals surface area contributed by atoms with Gasteiger partial charge >= 0.3 is 11.9 Å². The first-order chi connectivity index (χ1) is 7.45. The molecule has 0 radical (unpaired) electrons. The molecule has 16 heavy (non-hydrogen) atoms. The van der Waals surface area contributed by atoms with Crippen LogP contribution in [0.15, 0.2) is 47.6 Å². The number of rotatable bonds is 5. The van der Waals surface area contributed by atoms with E-state index in [9.17, 15) is 9.59 Å². The lowest BCUT2D eigenvalue weighted by Gasteiger charge is -1.87. The van der Waals surface area contributed by atoms with Crippen LogP contribution in [-0.2, 0) is 9.59 Å². The van der Waals surface area contributed by atoms with Gasteiger partial charge in [0.2, 0.25) is 0 Å². The maximum atomic E-state index is 10.4. The lowest BCUT2D eigenvalue weighted by Crippen LogP contribution is -1.94. The van der Waals surface area contributed by atoms with Gasteiger partial charge in [-0.2, -0.15) is 0 Å². The summed E-state index contributed by atoms with van der Waals surface area (Å²) in [5.41, 5.74) is 0.476. The zero-order valence-electron chi connectivity index (χ0n) is 9.18. The van der Waals surface area contributed by atoms with Gasteiger partial charge in [-0.05, 0) is 13.8 Å². The highest BCUT2D eigenvalue weighted by atomic mass is 16.4. The Morgan fingerprint density at radius 1 is 0.750 bits per heavy atom. The van der Waals surface area contributed by atoms with Gasteiger partial charge in [-0.1, -0.05) is 36.5 Å². The molecule has 4 nitrogen and oxygen atoms in total. The molecule has 0 saturated carbocycles. The van der Waals surface area contributed by atoms with Crippen molar-refractivity contribution in [2.24, 2.45) is 0 Å². The molecule has 0 aliphatic heterocycles. The largest absolute Gasteiger partial charge is 0.478 e. The average Bonchev–Trinajstić information content (AvgIpc) is 2.21. The molecule has 86 valence electrons. The van der Waals surface area contributed by atoms with Crippen molar-refractivity contribution in [1.82, 2.24) is 0 Å². The molecule has 0 spiro atoms. The van der Waals surface area contributed by atoms with E-state index in [1.165, 1.54) is 26.0 Å². The lowest BCUT2D eigenvalue weighted by atomic mass is 10.2. The molecular formula is C12H14O4. The zero-order chi connectivity index (χ0) is 12.6. The molecule has 0 atom stereocenters. The first kappa shape index (κ1) is 13.9. The Balaban J connectivity index is 4.27. The predicted molar refractivity (Wildman–Crippen MR) is 61.1 cm³/mol. The van der Waals surface area contributed by atoms with Gasteiger partial charge in [0.1, 0.15) is 0 Å². The maximum absolute atomic E-state index is 10.4. The van der Waals surface area contributed by atoms with E-state index >= 15 is 0 Å². The third kappa shape index (κ3) is 6.37. The Labute approximate surface area is 93.9 Å². The van der Waals surface area contributed by atoms with Gasteiger partial charge in [-0.25, -0.2) is 9.59 Å². The lowest BCUT2D eigenvalue weighted by molar-refractivity contribution is -0.133. The fourth-order valence-electron chi connectivity index (χ4n) is 0.671. The summed E-state index contributed by atoms with van der Waals surface area (Å²) >= 11 is 0. The monoisotopic (exact) mass is 222 g/mol. The summed E-state index contributed by atoms with van der Waals surface area (Å²) in [4.78, 5) is 20.8. The summed E-state index contributed by atoms with van der Waals surface area (Å²) in [6.07, 6.45) is 9.31. The molecule has 0 bridgehead atoms. The number of hydrogen-bond acceptors (Lipinski definition) is 2. The molecule has 0 fully saturated rings. The first-order valence-electron chi connectivity index (χ1n) is 4.60. The third-order valence-electron chi connectivity index (χ3n) is 1.70. The summed E-state index contributed by atoms with van der Waals surface area (Å²) in [6, 6.07) is 0. The summed E-state index contributed by atoms with van der Waals surface area (Å²) in [5.74, 6) is -1.93. The quantitative estimate of drug-likeness (QED) is 0.552. The molecule has 0 saturated heterocycles. The van der Waals surface area contributed by atoms with E-state index < -0.39 is 11.9 Å². The van der Waals surface area contributed by atoms with E-state index in [4.69, 9.17) is 10.2 Å². The summed E-state index contributed by atoms with van der Waals surface area (Å²) in [5, 5.41) is 17.0. The minimum Gasteiger partial charge on any atom is -0.478 e. The Bertz CT molecular complexity index is 346. The van der Waals surface area contributed by atoms with Crippen molar-refractivity contribution in [1.29, 1.82) is 0 Å². The Morgan fingerprint density at radius 3 is 1.31 bits per heavy atom. The molecule has 0 aromatic rings. The highest BCUT2D eigenvalue weighted by Crippen LogP contribution is 1.94. The minimum atomic E-state index is -0.963. The molecule has 0 aliphatic carbocycles. The standard InChI is InChI=1S/C12H14O4/c1-9(11(13)14)7-5-3-4-6-8-10(2)12(15)16/h3-8H,1-2H3,(H,13,14)(H,15,16). The second-order valence-electron chi connectivity index (χ2n) is 3.08. The van der Waals surface area contributed by atoms with Gasteiger partial charge in [0.15, 0.2) is 0 Å². The summed E-state index contributed by atoms with van der Waals surface area (Å²) < 4.78 is 0. The van der Waals surface area contributed by atoms with E-state index in [2.05, 4.69) is 0 Å². The topological polar surface area (TPSA) is 74.6 Å². The molecule has 0 aliphatic rings. The first-order valence-corrected chi connectivity index (χ1v) is 4.60. The van der Waals surface area contributed by atoms with Crippen LogP contribution in [0.2, 0.25) is 0 Å². The van der Waals surface area contributed by atoms with Gasteiger partial charge in [0.05, 0.1) is 0 Å². The van der Waals surface area contributed by atoms with Crippen LogP contribution in [0.3, 0.4) is 0 Å². The molecule has 0 amide bonds. The SMILES string of the molecule is CC(=CC=CC=CC=C(C)C(=O)O)C(=O)O. The van der Waals surface area contributed by atoms with Crippen molar-refractivity contribution in [3.05, 3.63) is 47.6 Å². The van der Waals surface area contributed by atoms with Crippen LogP contribution in [0.5, 0.6) is 0 Å². The van der Waals surface area contributed by atoms with Crippen molar-refractivity contribution in [3.8, 4) is 0 Å². The van der Waals surface area contributed by atoms with Gasteiger partial charge in [-0.3, -0.25) is 0 Å². The highest BCUT2D eigenvalue weighted by Gasteiger charge is 1.95. The van der Waals surface area contributed by atoms with Crippen LogP contribution in [-0.4, -0.2) is 22.2 Å². The van der Waals surface area contributed by atoms with Crippen molar-refractivity contribution < 1.29 is 19.8 Å². The van der Waals surface area contributed by atoms with Gasteiger partial charge in [-0.15, -0.1) is 0 Å². The molecule has 4 heteroatoms. The molecule has 2 N–H and O–H groups in total. The number of aliphatic carboxylic acids is 2. The fourth-order valence-corrected chi connectivity index (χ4v) is 0.671. The van der Waals surface area contributed by atoms with Gasteiger partial charge < -0.3 is 10.2 Å². The minimum absolute atomic E-state index is 0.238. The van der Waals surface area contributed by atoms with E-state index in [1.807, 2.05) is 0 Å². The maximum Gasteiger partial charge on any atom is 0.331 e. The number of carboxylic acid groups (broad SMARTS) is 2. The number of allylic oxidation sites excluding steroid dienone is 6. The zero-order valence-corrected chi connectivity index (χ0v) is 9.18. The van der Waals surface area contributed by atoms with Crippen molar-refractivity contribution >= 4 is 11.9 Å². The van der Waals surface area contributed by atoms with Gasteiger partial charge in [0, 0.05) is 11.1 Å². The van der Waals surface area contributed by atoms with Crippen LogP contribution < -0.4 is 0 Å². The number of carbonyl (C=O) groups is 2. The molecule has 0 unspecified atom stereocenters. The average molecular weight is 222 g/mol. The van der Waals surface area contributed by atoms with Crippen LogP contribution in [0, 0.1) is 0 Å². The normalized spacial score (nSPS) is 13.6. The Kier molecular flexibility index (Phi) is 6.28.